The molecule has 6 nitrogen and oxygen atoms in total. The van der Waals surface area contributed by atoms with Gasteiger partial charge in [-0.2, -0.15) is 0 Å². The number of carbonyl (C=O) groups excluding carboxylic acids is 1. The zero-order chi connectivity index (χ0) is 24.0. The molecule has 0 saturated heterocycles. The Bertz CT molecular complexity index is 510. The van der Waals surface area contributed by atoms with Gasteiger partial charge in [0.1, 0.15) is 0 Å². The summed E-state index contributed by atoms with van der Waals surface area (Å²) in [5, 5.41) is 10.3. The van der Waals surface area contributed by atoms with E-state index >= 15 is 0 Å². The number of nitrogens with one attached hydrogen (secondary N) is 3. The monoisotopic (exact) mass is 489 g/mol. The van der Waals surface area contributed by atoms with E-state index < -0.39 is 0 Å². The molecule has 0 aliphatic carbocycles. The minimum absolute atomic E-state index is 0.0328. The number of rotatable bonds is 20. The minimum atomic E-state index is -0.0328. The van der Waals surface area contributed by atoms with Crippen molar-refractivity contribution in [3.63, 3.8) is 0 Å². The quantitative estimate of drug-likeness (QED) is 0.104. The molecule has 0 aromatic carbocycles. The van der Waals surface area contributed by atoms with Gasteiger partial charge in [-0.3, -0.25) is 4.79 Å². The van der Waals surface area contributed by atoms with E-state index in [9.17, 15) is 4.79 Å². The predicted octanol–water partition coefficient (Wildman–Crippen LogP) is 3.92. The summed E-state index contributed by atoms with van der Waals surface area (Å²) < 4.78 is 11.1. The molecule has 188 valence electrons. The lowest BCUT2D eigenvalue weighted by atomic mass is 10.2. The molecule has 0 heterocycles. The fourth-order valence-corrected chi connectivity index (χ4v) is 5.33. The number of carbonyl (C=O) groups is 1. The van der Waals surface area contributed by atoms with Crippen LogP contribution in [0.2, 0.25) is 0 Å². The standard InChI is InChI=1S/C24H47N3O3S2/c1-7-9-22(6)25-14-19-31-32-24(21(4)5)27-13-16-30-18-17-29-15-11-23(28)26-12-8-10-20(2)3/h20-22,24-25,27H,7,9,11-19H2,1-6H3,(H,26,28). The van der Waals surface area contributed by atoms with Crippen LogP contribution in [0.15, 0.2) is 0 Å². The largest absolute Gasteiger partial charge is 0.379 e. The highest BCUT2D eigenvalue weighted by Gasteiger charge is 2.13. The van der Waals surface area contributed by atoms with Gasteiger partial charge in [0.05, 0.1) is 38.3 Å². The van der Waals surface area contributed by atoms with Crippen LogP contribution in [-0.4, -0.2) is 69.1 Å². The van der Waals surface area contributed by atoms with Crippen LogP contribution in [0, 0.1) is 23.7 Å². The summed E-state index contributed by atoms with van der Waals surface area (Å²) in [7, 11) is 3.85. The van der Waals surface area contributed by atoms with Crippen LogP contribution >= 0.6 is 21.6 Å². The third-order valence-corrected chi connectivity index (χ3v) is 7.33. The fourth-order valence-electron chi connectivity index (χ4n) is 2.63. The Balaban J connectivity index is 3.61. The Morgan fingerprint density at radius 1 is 0.969 bits per heavy atom. The molecule has 0 aromatic rings. The summed E-state index contributed by atoms with van der Waals surface area (Å²) in [5.74, 6) is 7.91. The maximum Gasteiger partial charge on any atom is 0.223 e. The summed E-state index contributed by atoms with van der Waals surface area (Å²) in [4.78, 5) is 11.6. The van der Waals surface area contributed by atoms with Crippen molar-refractivity contribution in [2.45, 2.75) is 72.2 Å². The van der Waals surface area contributed by atoms with Crippen molar-refractivity contribution >= 4 is 27.5 Å². The van der Waals surface area contributed by atoms with Gasteiger partial charge in [-0.05, 0) is 19.3 Å². The summed E-state index contributed by atoms with van der Waals surface area (Å²) in [6, 6.07) is 0.609. The normalized spacial score (nSPS) is 13.1. The molecule has 8 heteroatoms. The van der Waals surface area contributed by atoms with Crippen LogP contribution in [0.4, 0.5) is 0 Å². The molecular weight excluding hydrogens is 442 g/mol. The van der Waals surface area contributed by atoms with Crippen LogP contribution in [0.1, 0.15) is 60.8 Å². The van der Waals surface area contributed by atoms with Gasteiger partial charge >= 0.3 is 0 Å². The minimum Gasteiger partial charge on any atom is -0.379 e. The molecule has 0 radical (unpaired) electrons. The maximum atomic E-state index is 11.6. The molecule has 0 aliphatic heterocycles. The van der Waals surface area contributed by atoms with E-state index in [0.717, 1.165) is 18.8 Å². The van der Waals surface area contributed by atoms with Gasteiger partial charge in [-0.15, -0.1) is 0 Å². The first kappa shape index (κ1) is 31.6. The number of ether oxygens (including phenoxy) is 2. The molecule has 0 saturated carbocycles. The van der Waals surface area contributed by atoms with Crippen molar-refractivity contribution in [1.29, 1.82) is 0 Å². The molecule has 0 rings (SSSR count). The second kappa shape index (κ2) is 22.4. The van der Waals surface area contributed by atoms with Crippen molar-refractivity contribution in [2.24, 2.45) is 11.8 Å². The average Bonchev–Trinajstić information content (AvgIpc) is 2.73. The second-order valence-corrected chi connectivity index (χ2v) is 11.0. The van der Waals surface area contributed by atoms with Crippen LogP contribution in [0.3, 0.4) is 0 Å². The summed E-state index contributed by atoms with van der Waals surface area (Å²) in [6.45, 7) is 17.4. The van der Waals surface area contributed by atoms with Crippen LogP contribution < -0.4 is 16.0 Å². The number of hydrogen-bond acceptors (Lipinski definition) is 7. The van der Waals surface area contributed by atoms with Crippen LogP contribution in [0.5, 0.6) is 0 Å². The van der Waals surface area contributed by atoms with Crippen molar-refractivity contribution in [2.75, 3.05) is 51.8 Å². The molecule has 0 fully saturated rings. The Kier molecular flexibility index (Phi) is 22.1. The van der Waals surface area contributed by atoms with E-state index in [-0.39, 0.29) is 5.91 Å². The lowest BCUT2D eigenvalue weighted by Gasteiger charge is -2.21. The Morgan fingerprint density at radius 3 is 2.34 bits per heavy atom. The van der Waals surface area contributed by atoms with Crippen molar-refractivity contribution in [3.05, 3.63) is 0 Å². The summed E-state index contributed by atoms with van der Waals surface area (Å²) in [5.41, 5.74) is 0. The van der Waals surface area contributed by atoms with Gasteiger partial charge in [0, 0.05) is 37.2 Å². The lowest BCUT2D eigenvalue weighted by molar-refractivity contribution is -0.122. The average molecular weight is 490 g/mol. The van der Waals surface area contributed by atoms with E-state index in [0.29, 0.717) is 62.6 Å². The lowest BCUT2D eigenvalue weighted by Crippen LogP contribution is -2.33. The van der Waals surface area contributed by atoms with Gasteiger partial charge in [0.2, 0.25) is 5.91 Å². The second-order valence-electron chi connectivity index (χ2n) is 8.41. The highest BCUT2D eigenvalue weighted by Crippen LogP contribution is 2.29. The fraction of sp³-hybridized carbons (Fsp3) is 0.875. The SMILES string of the molecule is CCCC(C)NCCSSC(NCCOCCOCCC(=O)NCC#CC(C)C)C(C)C. The molecule has 2 atom stereocenters. The molecule has 2 unspecified atom stereocenters. The first-order valence-electron chi connectivity index (χ1n) is 12.0. The number of amides is 1. The zero-order valence-electron chi connectivity index (χ0n) is 21.1. The number of hydrogen-bond donors (Lipinski definition) is 3. The van der Waals surface area contributed by atoms with Gasteiger partial charge in [-0.25, -0.2) is 0 Å². The molecular formula is C24H47N3O3S2. The molecule has 0 spiro atoms. The maximum absolute atomic E-state index is 11.6. The highest BCUT2D eigenvalue weighted by molar-refractivity contribution is 8.76. The molecule has 1 amide bonds. The Morgan fingerprint density at radius 2 is 1.69 bits per heavy atom. The Labute approximate surface area is 205 Å². The van der Waals surface area contributed by atoms with E-state index in [4.69, 9.17) is 9.47 Å². The van der Waals surface area contributed by atoms with E-state index in [1.807, 2.05) is 35.4 Å². The molecule has 0 aliphatic rings. The van der Waals surface area contributed by atoms with E-state index in [1.165, 1.54) is 12.8 Å². The zero-order valence-corrected chi connectivity index (χ0v) is 22.8. The van der Waals surface area contributed by atoms with E-state index in [2.05, 4.69) is 55.5 Å². The third-order valence-electron chi connectivity index (χ3n) is 4.38. The molecule has 3 N–H and O–H groups in total. The van der Waals surface area contributed by atoms with Crippen molar-refractivity contribution in [3.8, 4) is 11.8 Å². The first-order chi connectivity index (χ1) is 15.4. The van der Waals surface area contributed by atoms with Gasteiger partial charge in [0.15, 0.2) is 0 Å². The third kappa shape index (κ3) is 21.4. The Hall–Kier alpha value is -0.430. The van der Waals surface area contributed by atoms with E-state index in [1.54, 1.807) is 0 Å². The summed E-state index contributed by atoms with van der Waals surface area (Å²) in [6.07, 6.45) is 2.82. The smallest absolute Gasteiger partial charge is 0.223 e. The first-order valence-corrected chi connectivity index (χ1v) is 14.4. The van der Waals surface area contributed by atoms with Gasteiger partial charge in [-0.1, -0.05) is 74.5 Å². The topological polar surface area (TPSA) is 71.6 Å². The molecule has 32 heavy (non-hydrogen) atoms. The van der Waals surface area contributed by atoms with Crippen LogP contribution in [0.25, 0.3) is 0 Å². The molecule has 0 aromatic heterocycles. The molecule has 0 bridgehead atoms. The predicted molar refractivity (Wildman–Crippen MR) is 141 cm³/mol. The van der Waals surface area contributed by atoms with Gasteiger partial charge in [0.25, 0.3) is 0 Å². The van der Waals surface area contributed by atoms with Crippen molar-refractivity contribution < 1.29 is 14.3 Å². The summed E-state index contributed by atoms with van der Waals surface area (Å²) >= 11 is 0. The van der Waals surface area contributed by atoms with Crippen molar-refractivity contribution in [1.82, 2.24) is 16.0 Å². The van der Waals surface area contributed by atoms with Crippen LogP contribution in [-0.2, 0) is 14.3 Å². The van der Waals surface area contributed by atoms with Gasteiger partial charge < -0.3 is 25.4 Å². The highest BCUT2D eigenvalue weighted by atomic mass is 33.1.